The predicted octanol–water partition coefficient (Wildman–Crippen LogP) is -2.28. The van der Waals surface area contributed by atoms with Gasteiger partial charge in [-0.05, 0) is 0 Å². The number of rotatable bonds is 12. The molecule has 0 heterocycles. The molecule has 136 valence electrons. The highest BCUT2D eigenvalue weighted by Crippen LogP contribution is 2.31. The molecule has 0 aromatic heterocycles. The highest BCUT2D eigenvalue weighted by Gasteiger charge is 2.60. The normalized spacial score (nSPS) is 13.0. The molecule has 0 rings (SSSR count). The lowest BCUT2D eigenvalue weighted by atomic mass is 10.5. The minimum Gasteiger partial charge on any atom is -0.481 e. The first-order chi connectivity index (χ1) is 10.5. The number of aliphatic carboxylic acids is 2. The molecule has 0 fully saturated rings. The SMILES string of the molecule is NCCS(=O)(=O)C(CSCCC(=O)O)(C(=O)O)S(=O)(=O)CCN. The van der Waals surface area contributed by atoms with Gasteiger partial charge in [-0.15, -0.1) is 0 Å². The molecule has 0 aromatic carbocycles. The van der Waals surface area contributed by atoms with Crippen LogP contribution in [-0.4, -0.2) is 79.2 Å². The van der Waals surface area contributed by atoms with E-state index in [9.17, 15) is 31.5 Å². The van der Waals surface area contributed by atoms with Gasteiger partial charge >= 0.3 is 11.9 Å². The van der Waals surface area contributed by atoms with Crippen molar-refractivity contribution in [3.63, 3.8) is 0 Å². The van der Waals surface area contributed by atoms with Gasteiger partial charge in [0.05, 0.1) is 17.9 Å². The van der Waals surface area contributed by atoms with Crippen molar-refractivity contribution in [2.24, 2.45) is 11.5 Å². The van der Waals surface area contributed by atoms with Crippen molar-refractivity contribution in [1.29, 1.82) is 0 Å². The first kappa shape index (κ1) is 22.1. The summed E-state index contributed by atoms with van der Waals surface area (Å²) in [5.74, 6) is -5.85. The zero-order valence-corrected chi connectivity index (χ0v) is 14.6. The molecule has 0 aliphatic carbocycles. The lowest BCUT2D eigenvalue weighted by molar-refractivity contribution is -0.137. The molecule has 0 saturated carbocycles. The summed E-state index contributed by atoms with van der Waals surface area (Å²) < 4.78 is 46.2. The van der Waals surface area contributed by atoms with Gasteiger partial charge in [-0.2, -0.15) is 11.8 Å². The Labute approximate surface area is 138 Å². The monoisotopic (exact) mass is 392 g/mol. The fourth-order valence-corrected chi connectivity index (χ4v) is 8.36. The van der Waals surface area contributed by atoms with Gasteiger partial charge in [-0.3, -0.25) is 4.79 Å². The maximum atomic E-state index is 12.3. The van der Waals surface area contributed by atoms with Crippen molar-refractivity contribution in [2.45, 2.75) is 10.5 Å². The van der Waals surface area contributed by atoms with Gasteiger partial charge in [-0.25, -0.2) is 21.6 Å². The van der Waals surface area contributed by atoms with E-state index in [0.29, 0.717) is 11.8 Å². The van der Waals surface area contributed by atoms with Gasteiger partial charge in [-0.1, -0.05) is 0 Å². The van der Waals surface area contributed by atoms with Crippen molar-refractivity contribution >= 4 is 43.4 Å². The van der Waals surface area contributed by atoms with Crippen LogP contribution >= 0.6 is 11.8 Å². The molecule has 23 heavy (non-hydrogen) atoms. The minimum atomic E-state index is -4.65. The lowest BCUT2D eigenvalue weighted by Crippen LogP contribution is -2.58. The van der Waals surface area contributed by atoms with E-state index in [2.05, 4.69) is 0 Å². The number of nitrogens with two attached hydrogens (primary N) is 2. The van der Waals surface area contributed by atoms with E-state index < -0.39 is 66.0 Å². The Morgan fingerprint density at radius 2 is 1.39 bits per heavy atom. The van der Waals surface area contributed by atoms with Gasteiger partial charge in [0.1, 0.15) is 0 Å². The Morgan fingerprint density at radius 3 is 1.70 bits per heavy atom. The summed E-state index contributed by atoms with van der Waals surface area (Å²) in [6.45, 7) is -0.898. The molecule has 0 bridgehead atoms. The highest BCUT2D eigenvalue weighted by atomic mass is 32.3. The summed E-state index contributed by atoms with van der Waals surface area (Å²) in [5, 5.41) is 17.9. The molecule has 13 heteroatoms. The van der Waals surface area contributed by atoms with Gasteiger partial charge < -0.3 is 21.7 Å². The second kappa shape index (κ2) is 8.82. The van der Waals surface area contributed by atoms with Crippen molar-refractivity contribution < 1.29 is 36.6 Å². The van der Waals surface area contributed by atoms with Crippen LogP contribution in [0.3, 0.4) is 0 Å². The first-order valence-electron chi connectivity index (χ1n) is 6.36. The Bertz CT molecular complexity index is 592. The Morgan fingerprint density at radius 1 is 0.957 bits per heavy atom. The van der Waals surface area contributed by atoms with Crippen molar-refractivity contribution in [1.82, 2.24) is 0 Å². The van der Waals surface area contributed by atoms with E-state index in [1.165, 1.54) is 0 Å². The van der Waals surface area contributed by atoms with E-state index >= 15 is 0 Å². The largest absolute Gasteiger partial charge is 0.481 e. The molecule has 0 amide bonds. The molecule has 6 N–H and O–H groups in total. The number of sulfone groups is 2. The molecule has 0 aromatic rings. The zero-order chi connectivity index (χ0) is 18.3. The quantitative estimate of drug-likeness (QED) is 0.261. The van der Waals surface area contributed by atoms with Crippen LogP contribution in [0.1, 0.15) is 6.42 Å². The van der Waals surface area contributed by atoms with Crippen LogP contribution in [0, 0.1) is 0 Å². The third kappa shape index (κ3) is 5.04. The summed E-state index contributed by atoms with van der Waals surface area (Å²) in [6, 6.07) is 0. The van der Waals surface area contributed by atoms with Crippen LogP contribution in [0.2, 0.25) is 0 Å². The molecule has 0 aliphatic rings. The van der Waals surface area contributed by atoms with E-state index in [1.807, 2.05) is 0 Å². The highest BCUT2D eigenvalue weighted by molar-refractivity contribution is 8.13. The average Bonchev–Trinajstić information content (AvgIpc) is 2.36. The summed E-state index contributed by atoms with van der Waals surface area (Å²) in [6.07, 6.45) is -0.367. The average molecular weight is 392 g/mol. The summed E-state index contributed by atoms with van der Waals surface area (Å²) in [7, 11) is -9.30. The van der Waals surface area contributed by atoms with Gasteiger partial charge in [0.2, 0.25) is 0 Å². The number of carbonyl (C=O) groups is 2. The molecular weight excluding hydrogens is 372 g/mol. The minimum absolute atomic E-state index is 0.138. The fraction of sp³-hybridized carbons (Fsp3) is 0.800. The van der Waals surface area contributed by atoms with Crippen LogP contribution in [0.15, 0.2) is 0 Å². The number of thioether (sulfide) groups is 1. The van der Waals surface area contributed by atoms with Crippen LogP contribution in [0.25, 0.3) is 0 Å². The van der Waals surface area contributed by atoms with E-state index in [0.717, 1.165) is 0 Å². The molecule has 0 saturated heterocycles. The number of hydrogen-bond donors (Lipinski definition) is 4. The zero-order valence-electron chi connectivity index (χ0n) is 12.2. The van der Waals surface area contributed by atoms with Crippen LogP contribution in [-0.2, 0) is 29.3 Å². The van der Waals surface area contributed by atoms with Gasteiger partial charge in [0.15, 0.2) is 19.7 Å². The van der Waals surface area contributed by atoms with Crippen LogP contribution in [0.5, 0.6) is 0 Å². The van der Waals surface area contributed by atoms with Crippen LogP contribution < -0.4 is 11.5 Å². The number of hydrogen-bond acceptors (Lipinski definition) is 9. The molecule has 10 nitrogen and oxygen atoms in total. The van der Waals surface area contributed by atoms with Crippen LogP contribution in [0.4, 0.5) is 0 Å². The molecule has 0 radical (unpaired) electrons. The maximum Gasteiger partial charge on any atom is 0.341 e. The van der Waals surface area contributed by atoms with Gasteiger partial charge in [0, 0.05) is 24.6 Å². The summed E-state index contributed by atoms with van der Waals surface area (Å²) in [5.41, 5.74) is 10.3. The smallest absolute Gasteiger partial charge is 0.341 e. The Hall–Kier alpha value is -0.890. The van der Waals surface area contributed by atoms with E-state index in [-0.39, 0.29) is 12.2 Å². The molecule has 0 aliphatic heterocycles. The van der Waals surface area contributed by atoms with E-state index in [4.69, 9.17) is 16.6 Å². The number of carboxylic acids is 2. The Balaban J connectivity index is 5.92. The van der Waals surface area contributed by atoms with Crippen molar-refractivity contribution in [3.8, 4) is 0 Å². The van der Waals surface area contributed by atoms with Crippen molar-refractivity contribution in [3.05, 3.63) is 0 Å². The molecule has 0 atom stereocenters. The van der Waals surface area contributed by atoms with Crippen molar-refractivity contribution in [2.75, 3.05) is 36.1 Å². The maximum absolute atomic E-state index is 12.3. The van der Waals surface area contributed by atoms with Gasteiger partial charge in [0.25, 0.3) is 4.08 Å². The standard InChI is InChI=1S/C10H20N2O8S3/c11-2-5-22(17,18)10(9(15)16,23(19,20)6-3-12)7-21-4-1-8(13)14/h1-7,11-12H2,(H,13,14)(H,15,16). The molecular formula is C10H20N2O8S3. The third-order valence-electron chi connectivity index (χ3n) is 2.86. The number of carboxylic acid groups (broad SMARTS) is 2. The predicted molar refractivity (Wildman–Crippen MR) is 85.6 cm³/mol. The second-order valence-electron chi connectivity index (χ2n) is 4.47. The fourth-order valence-electron chi connectivity index (χ4n) is 1.71. The first-order valence-corrected chi connectivity index (χ1v) is 10.8. The second-order valence-corrected chi connectivity index (χ2v) is 10.5. The van der Waals surface area contributed by atoms with E-state index in [1.54, 1.807) is 0 Å². The topological polar surface area (TPSA) is 195 Å². The lowest BCUT2D eigenvalue weighted by Gasteiger charge is -2.28. The summed E-state index contributed by atoms with van der Waals surface area (Å²) >= 11 is 0.621. The molecule has 0 spiro atoms. The molecule has 0 unspecified atom stereocenters. The third-order valence-corrected chi connectivity index (χ3v) is 10.1. The summed E-state index contributed by atoms with van der Waals surface area (Å²) in [4.78, 5) is 22.1. The Kier molecular flexibility index (Phi) is 8.48.